The average molecular weight is 235 g/mol. The van der Waals surface area contributed by atoms with Crippen molar-refractivity contribution in [3.05, 3.63) is 29.8 Å². The van der Waals surface area contributed by atoms with Gasteiger partial charge in [-0.25, -0.2) is 0 Å². The van der Waals surface area contributed by atoms with Gasteiger partial charge in [0.05, 0.1) is 19.8 Å². The van der Waals surface area contributed by atoms with E-state index in [1.54, 1.807) is 7.11 Å². The molecule has 94 valence electrons. The molecule has 1 aromatic rings. The van der Waals surface area contributed by atoms with Crippen molar-refractivity contribution in [1.82, 2.24) is 5.32 Å². The maximum absolute atomic E-state index is 5.91. The van der Waals surface area contributed by atoms with Crippen LogP contribution in [0.25, 0.3) is 0 Å². The Morgan fingerprint density at radius 3 is 2.47 bits per heavy atom. The molecule has 3 heteroatoms. The lowest BCUT2D eigenvalue weighted by Gasteiger charge is -2.32. The number of benzene rings is 1. The van der Waals surface area contributed by atoms with Crippen LogP contribution in [0.1, 0.15) is 25.5 Å². The second-order valence-electron chi connectivity index (χ2n) is 4.85. The normalized spacial score (nSPS) is 24.9. The molecule has 0 aliphatic carbocycles. The van der Waals surface area contributed by atoms with E-state index in [9.17, 15) is 0 Å². The molecule has 2 atom stereocenters. The highest BCUT2D eigenvalue weighted by Gasteiger charge is 2.23. The summed E-state index contributed by atoms with van der Waals surface area (Å²) in [7, 11) is 1.68. The smallest absolute Gasteiger partial charge is 0.118 e. The second kappa shape index (κ2) is 5.52. The molecule has 1 N–H and O–H groups in total. The van der Waals surface area contributed by atoms with Crippen LogP contribution in [-0.2, 0) is 4.74 Å². The van der Waals surface area contributed by atoms with E-state index in [0.29, 0.717) is 12.0 Å². The van der Waals surface area contributed by atoms with E-state index in [0.717, 1.165) is 18.9 Å². The quantitative estimate of drug-likeness (QED) is 0.872. The molecule has 2 rings (SSSR count). The highest BCUT2D eigenvalue weighted by molar-refractivity contribution is 5.28. The van der Waals surface area contributed by atoms with Crippen molar-refractivity contribution in [2.75, 3.05) is 20.3 Å². The number of methoxy groups -OCH3 is 1. The number of rotatable bonds is 3. The van der Waals surface area contributed by atoms with E-state index >= 15 is 0 Å². The molecule has 0 spiro atoms. The van der Waals surface area contributed by atoms with Gasteiger partial charge in [0.15, 0.2) is 0 Å². The van der Waals surface area contributed by atoms with Gasteiger partial charge in [-0.1, -0.05) is 26.0 Å². The Hall–Kier alpha value is -1.06. The van der Waals surface area contributed by atoms with Gasteiger partial charge in [0.2, 0.25) is 0 Å². The minimum atomic E-state index is 0.163. The molecular weight excluding hydrogens is 214 g/mol. The fourth-order valence-corrected chi connectivity index (χ4v) is 2.06. The number of hydrogen-bond donors (Lipinski definition) is 1. The molecule has 0 amide bonds. The minimum absolute atomic E-state index is 0.163. The van der Waals surface area contributed by atoms with E-state index in [-0.39, 0.29) is 6.10 Å². The van der Waals surface area contributed by atoms with Gasteiger partial charge in [0, 0.05) is 12.6 Å². The number of hydrogen-bond acceptors (Lipinski definition) is 3. The summed E-state index contributed by atoms with van der Waals surface area (Å²) in [5.74, 6) is 1.50. The summed E-state index contributed by atoms with van der Waals surface area (Å²) >= 11 is 0. The molecule has 1 aliphatic rings. The number of ether oxygens (including phenoxy) is 2. The Kier molecular flexibility index (Phi) is 4.02. The predicted molar refractivity (Wildman–Crippen MR) is 68.3 cm³/mol. The molecule has 0 aromatic heterocycles. The lowest BCUT2D eigenvalue weighted by Crippen LogP contribution is -2.45. The van der Waals surface area contributed by atoms with Crippen LogP contribution in [0, 0.1) is 5.92 Å². The van der Waals surface area contributed by atoms with Gasteiger partial charge in [-0.3, -0.25) is 0 Å². The SMILES string of the molecule is COc1ccc(C2CNC(C(C)C)CO2)cc1. The van der Waals surface area contributed by atoms with Gasteiger partial charge in [-0.2, -0.15) is 0 Å². The molecule has 0 saturated carbocycles. The summed E-state index contributed by atoms with van der Waals surface area (Å²) in [5.41, 5.74) is 1.21. The van der Waals surface area contributed by atoms with Crippen LogP contribution in [0.5, 0.6) is 5.75 Å². The van der Waals surface area contributed by atoms with Gasteiger partial charge in [0.1, 0.15) is 5.75 Å². The van der Waals surface area contributed by atoms with Crippen LogP contribution in [-0.4, -0.2) is 26.3 Å². The summed E-state index contributed by atoms with van der Waals surface area (Å²) in [6.07, 6.45) is 0.163. The fourth-order valence-electron chi connectivity index (χ4n) is 2.06. The summed E-state index contributed by atoms with van der Waals surface area (Å²) in [6, 6.07) is 8.58. The van der Waals surface area contributed by atoms with Crippen LogP contribution in [0.2, 0.25) is 0 Å². The van der Waals surface area contributed by atoms with E-state index in [1.807, 2.05) is 12.1 Å². The van der Waals surface area contributed by atoms with Crippen LogP contribution >= 0.6 is 0 Å². The number of morpholine rings is 1. The Balaban J connectivity index is 1.95. The third-order valence-electron chi connectivity index (χ3n) is 3.33. The summed E-state index contributed by atoms with van der Waals surface area (Å²) in [4.78, 5) is 0. The standard InChI is InChI=1S/C14H21NO2/c1-10(2)13-9-17-14(8-15-13)11-4-6-12(16-3)7-5-11/h4-7,10,13-15H,8-9H2,1-3H3. The zero-order valence-corrected chi connectivity index (χ0v) is 10.8. The first-order chi connectivity index (χ1) is 8.20. The van der Waals surface area contributed by atoms with Crippen molar-refractivity contribution >= 4 is 0 Å². The Morgan fingerprint density at radius 1 is 1.29 bits per heavy atom. The van der Waals surface area contributed by atoms with E-state index in [1.165, 1.54) is 5.56 Å². The summed E-state index contributed by atoms with van der Waals surface area (Å²) in [6.45, 7) is 6.10. The molecule has 0 radical (unpaired) electrons. The van der Waals surface area contributed by atoms with Crippen molar-refractivity contribution in [2.45, 2.75) is 26.0 Å². The highest BCUT2D eigenvalue weighted by atomic mass is 16.5. The number of nitrogens with one attached hydrogen (secondary N) is 1. The van der Waals surface area contributed by atoms with Crippen LogP contribution < -0.4 is 10.1 Å². The van der Waals surface area contributed by atoms with Crippen molar-refractivity contribution in [3.8, 4) is 5.75 Å². The first-order valence-electron chi connectivity index (χ1n) is 6.19. The van der Waals surface area contributed by atoms with Gasteiger partial charge < -0.3 is 14.8 Å². The second-order valence-corrected chi connectivity index (χ2v) is 4.85. The van der Waals surface area contributed by atoms with E-state index < -0.39 is 0 Å². The van der Waals surface area contributed by atoms with Gasteiger partial charge in [-0.05, 0) is 23.6 Å². The van der Waals surface area contributed by atoms with Crippen molar-refractivity contribution < 1.29 is 9.47 Å². The third kappa shape index (κ3) is 2.99. The van der Waals surface area contributed by atoms with Gasteiger partial charge >= 0.3 is 0 Å². The van der Waals surface area contributed by atoms with Crippen molar-refractivity contribution in [2.24, 2.45) is 5.92 Å². The van der Waals surface area contributed by atoms with Crippen LogP contribution in [0.3, 0.4) is 0 Å². The van der Waals surface area contributed by atoms with Crippen molar-refractivity contribution in [3.63, 3.8) is 0 Å². The Morgan fingerprint density at radius 2 is 2.00 bits per heavy atom. The molecule has 0 bridgehead atoms. The lowest BCUT2D eigenvalue weighted by atomic mass is 10.0. The largest absolute Gasteiger partial charge is 0.497 e. The van der Waals surface area contributed by atoms with Gasteiger partial charge in [-0.15, -0.1) is 0 Å². The Bertz CT molecular complexity index is 340. The summed E-state index contributed by atoms with van der Waals surface area (Å²) in [5, 5.41) is 3.54. The van der Waals surface area contributed by atoms with E-state index in [4.69, 9.17) is 9.47 Å². The molecule has 17 heavy (non-hydrogen) atoms. The summed E-state index contributed by atoms with van der Waals surface area (Å²) < 4.78 is 11.1. The maximum atomic E-state index is 5.91. The molecule has 3 nitrogen and oxygen atoms in total. The fraction of sp³-hybridized carbons (Fsp3) is 0.571. The lowest BCUT2D eigenvalue weighted by molar-refractivity contribution is -0.00712. The van der Waals surface area contributed by atoms with E-state index in [2.05, 4.69) is 31.3 Å². The molecule has 1 aliphatic heterocycles. The average Bonchev–Trinajstić information content (AvgIpc) is 2.39. The van der Waals surface area contributed by atoms with Crippen LogP contribution in [0.4, 0.5) is 0 Å². The topological polar surface area (TPSA) is 30.5 Å². The highest BCUT2D eigenvalue weighted by Crippen LogP contribution is 2.23. The minimum Gasteiger partial charge on any atom is -0.497 e. The van der Waals surface area contributed by atoms with Crippen LogP contribution in [0.15, 0.2) is 24.3 Å². The molecule has 1 fully saturated rings. The van der Waals surface area contributed by atoms with Gasteiger partial charge in [0.25, 0.3) is 0 Å². The maximum Gasteiger partial charge on any atom is 0.118 e. The first kappa shape index (κ1) is 12.4. The molecule has 1 aromatic carbocycles. The molecule has 2 unspecified atom stereocenters. The zero-order valence-electron chi connectivity index (χ0n) is 10.8. The van der Waals surface area contributed by atoms with Crippen molar-refractivity contribution in [1.29, 1.82) is 0 Å². The molecular formula is C14H21NO2. The third-order valence-corrected chi connectivity index (χ3v) is 3.33. The monoisotopic (exact) mass is 235 g/mol. The molecule has 1 heterocycles. The first-order valence-corrected chi connectivity index (χ1v) is 6.19. The molecule has 1 saturated heterocycles. The Labute approximate surface area is 103 Å². The predicted octanol–water partition coefficient (Wildman–Crippen LogP) is 2.38. The zero-order chi connectivity index (χ0) is 12.3.